The van der Waals surface area contributed by atoms with Crippen molar-refractivity contribution < 1.29 is 58.2 Å². The van der Waals surface area contributed by atoms with Gasteiger partial charge >= 0.3 is 23.9 Å². The van der Waals surface area contributed by atoms with Gasteiger partial charge in [0.15, 0.2) is 11.5 Å². The third-order valence-corrected chi connectivity index (χ3v) is 11.9. The van der Waals surface area contributed by atoms with E-state index in [1.54, 1.807) is 41.5 Å². The highest BCUT2D eigenvalue weighted by Crippen LogP contribution is 2.45. The fourth-order valence-electron chi connectivity index (χ4n) is 6.76. The van der Waals surface area contributed by atoms with E-state index in [9.17, 15) is 39.3 Å². The predicted octanol–water partition coefficient (Wildman–Crippen LogP) is 8.18. The summed E-state index contributed by atoms with van der Waals surface area (Å²) in [5.41, 5.74) is 1.35. The summed E-state index contributed by atoms with van der Waals surface area (Å²) in [7, 11) is 1.19. The number of allylic oxidation sites excluding steroid dienone is 2. The number of carbonyl (C=O) groups is 5. The summed E-state index contributed by atoms with van der Waals surface area (Å²) in [6, 6.07) is 5.16. The van der Waals surface area contributed by atoms with Gasteiger partial charge in [-0.15, -0.1) is 11.3 Å². The van der Waals surface area contributed by atoms with E-state index in [4.69, 9.17) is 18.9 Å². The fraction of sp³-hybridized carbons (Fsp3) is 0.262. The molecule has 0 aliphatic heterocycles. The monoisotopic (exact) mass is 846 g/mol. The zero-order valence-electron chi connectivity index (χ0n) is 32.3. The minimum Gasteiger partial charge on any atom is -0.506 e. The van der Waals surface area contributed by atoms with Gasteiger partial charge in [-0.25, -0.2) is 19.2 Å². The lowest BCUT2D eigenvalue weighted by molar-refractivity contribution is -0.151. The Labute approximate surface area is 335 Å². The number of rotatable bonds is 9. The van der Waals surface area contributed by atoms with Gasteiger partial charge in [-0.2, -0.15) is 0 Å². The number of ether oxygens (including phenoxy) is 4. The van der Waals surface area contributed by atoms with Crippen LogP contribution in [0, 0.1) is 55.4 Å². The minimum atomic E-state index is -2.43. The standard InChI is InChI=1S/C42H39BrO12S/c1-17-14-27(19(3)20(4)30(17)39(48)54-36-23(7)21(5)31(38(46)47)25(9)32(36)28-12-11-13-56-28)53-40(49)33-22(6)24(8)37(34(43)35(33)45)55-41(50)42(51)18(2)15-26(44)16-29(42)52-10/h11-16,45,51H,1-10H3,(H,46,47)/t42-/m1/s1. The molecule has 1 heterocycles. The molecule has 1 aromatic heterocycles. The maximum Gasteiger partial charge on any atom is 0.356 e. The van der Waals surface area contributed by atoms with E-state index in [1.165, 1.54) is 45.3 Å². The third-order valence-electron chi connectivity index (χ3n) is 10.3. The van der Waals surface area contributed by atoms with Crippen LogP contribution in [-0.2, 0) is 14.3 Å². The van der Waals surface area contributed by atoms with Gasteiger partial charge in [0.25, 0.3) is 0 Å². The Morgan fingerprint density at radius 2 is 1.34 bits per heavy atom. The largest absolute Gasteiger partial charge is 0.506 e. The molecule has 0 unspecified atom stereocenters. The number of hydrogen-bond acceptors (Lipinski definition) is 12. The first-order valence-electron chi connectivity index (χ1n) is 17.1. The van der Waals surface area contributed by atoms with Crippen molar-refractivity contribution in [3.8, 4) is 33.4 Å². The van der Waals surface area contributed by atoms with Crippen molar-refractivity contribution in [1.82, 2.24) is 0 Å². The summed E-state index contributed by atoms with van der Waals surface area (Å²) in [5.74, 6) is -5.23. The van der Waals surface area contributed by atoms with Crippen LogP contribution in [0.25, 0.3) is 10.4 Å². The average molecular weight is 848 g/mol. The Morgan fingerprint density at radius 3 is 1.93 bits per heavy atom. The number of carbonyl (C=O) groups excluding carboxylic acids is 4. The summed E-state index contributed by atoms with van der Waals surface area (Å²) < 4.78 is 22.4. The molecule has 0 fully saturated rings. The maximum atomic E-state index is 14.0. The molecular formula is C42H39BrO12S. The fourth-order valence-corrected chi connectivity index (χ4v) is 8.16. The van der Waals surface area contributed by atoms with E-state index in [2.05, 4.69) is 15.9 Å². The van der Waals surface area contributed by atoms with Crippen LogP contribution in [-0.4, -0.2) is 57.7 Å². The van der Waals surface area contributed by atoms with Crippen LogP contribution >= 0.6 is 27.3 Å². The number of halogens is 1. The topological polar surface area (TPSA) is 183 Å². The molecule has 0 bridgehead atoms. The van der Waals surface area contributed by atoms with Crippen molar-refractivity contribution in [2.45, 2.75) is 67.9 Å². The zero-order valence-corrected chi connectivity index (χ0v) is 34.7. The van der Waals surface area contributed by atoms with E-state index in [-0.39, 0.29) is 60.9 Å². The van der Waals surface area contributed by atoms with Gasteiger partial charge in [-0.05, 0) is 152 Å². The maximum absolute atomic E-state index is 14.0. The second-order valence-corrected chi connectivity index (χ2v) is 15.2. The number of ketones is 1. The molecule has 3 aromatic carbocycles. The summed E-state index contributed by atoms with van der Waals surface area (Å²) in [6.45, 7) is 14.5. The Balaban J connectivity index is 1.47. The average Bonchev–Trinajstić information content (AvgIpc) is 3.66. The van der Waals surface area contributed by atoms with Crippen LogP contribution in [0.2, 0.25) is 0 Å². The molecule has 1 aliphatic rings. The van der Waals surface area contributed by atoms with Crippen molar-refractivity contribution in [3.05, 3.63) is 113 Å². The van der Waals surface area contributed by atoms with Gasteiger partial charge in [-0.3, -0.25) is 4.79 Å². The van der Waals surface area contributed by atoms with Crippen molar-refractivity contribution in [1.29, 1.82) is 0 Å². The first kappa shape index (κ1) is 41.6. The van der Waals surface area contributed by atoms with E-state index >= 15 is 0 Å². The predicted molar refractivity (Wildman–Crippen MR) is 211 cm³/mol. The molecule has 292 valence electrons. The summed E-state index contributed by atoms with van der Waals surface area (Å²) in [5, 5.41) is 34.4. The molecule has 4 aromatic rings. The Hall–Kier alpha value is -5.57. The smallest absolute Gasteiger partial charge is 0.356 e. The number of hydrogen-bond donors (Lipinski definition) is 3. The number of aromatic carboxylic acids is 1. The summed E-state index contributed by atoms with van der Waals surface area (Å²) in [4.78, 5) is 66.1. The number of aliphatic hydroxyl groups is 1. The van der Waals surface area contributed by atoms with E-state index in [1.807, 2.05) is 17.5 Å². The first-order valence-corrected chi connectivity index (χ1v) is 18.8. The van der Waals surface area contributed by atoms with Crippen LogP contribution in [0.15, 0.2) is 51.5 Å². The number of thiophene rings is 1. The molecule has 0 amide bonds. The van der Waals surface area contributed by atoms with Crippen LogP contribution in [0.3, 0.4) is 0 Å². The SMILES string of the molecule is COC1=CC(=O)C=C(C)[C@]1(O)C(=O)Oc1c(C)c(C)c(C(=O)Oc2cc(C)c(C(=O)Oc3c(C)c(C)c(C(=O)O)c(C)c3-c3cccs3)c(C)c2C)c(O)c1Br. The van der Waals surface area contributed by atoms with Gasteiger partial charge in [0, 0.05) is 16.5 Å². The molecule has 3 N–H and O–H groups in total. The number of aromatic hydroxyl groups is 1. The van der Waals surface area contributed by atoms with Crippen molar-refractivity contribution in [3.63, 3.8) is 0 Å². The van der Waals surface area contributed by atoms with Crippen molar-refractivity contribution in [2.24, 2.45) is 0 Å². The van der Waals surface area contributed by atoms with E-state index < -0.39 is 41.0 Å². The highest BCUT2D eigenvalue weighted by molar-refractivity contribution is 9.10. The second-order valence-electron chi connectivity index (χ2n) is 13.5. The quantitative estimate of drug-likeness (QED) is 0.109. The molecule has 12 nitrogen and oxygen atoms in total. The Bertz CT molecular complexity index is 2430. The van der Waals surface area contributed by atoms with Gasteiger partial charge in [0.1, 0.15) is 33.0 Å². The lowest BCUT2D eigenvalue weighted by Gasteiger charge is -2.30. The van der Waals surface area contributed by atoms with Gasteiger partial charge in [0.2, 0.25) is 5.60 Å². The lowest BCUT2D eigenvalue weighted by Crippen LogP contribution is -2.47. The van der Waals surface area contributed by atoms with Crippen molar-refractivity contribution in [2.75, 3.05) is 7.11 Å². The molecule has 1 atom stereocenters. The lowest BCUT2D eigenvalue weighted by atomic mass is 9.87. The van der Waals surface area contributed by atoms with Gasteiger partial charge in [-0.1, -0.05) is 6.07 Å². The van der Waals surface area contributed by atoms with E-state index in [0.717, 1.165) is 17.0 Å². The third kappa shape index (κ3) is 6.92. The van der Waals surface area contributed by atoms with E-state index in [0.29, 0.717) is 38.9 Å². The molecule has 1 aliphatic carbocycles. The van der Waals surface area contributed by atoms with Crippen LogP contribution in [0.1, 0.15) is 82.5 Å². The number of aryl methyl sites for hydroxylation is 1. The van der Waals surface area contributed by atoms with Crippen LogP contribution in [0.4, 0.5) is 0 Å². The zero-order chi connectivity index (χ0) is 41.7. The summed E-state index contributed by atoms with van der Waals surface area (Å²) >= 11 is 4.60. The molecule has 5 rings (SSSR count). The molecule has 0 spiro atoms. The second kappa shape index (κ2) is 15.5. The number of phenolic OH excluding ortho intramolecular Hbond substituents is 1. The first-order chi connectivity index (χ1) is 26.2. The number of benzene rings is 3. The van der Waals surface area contributed by atoms with Crippen LogP contribution in [0.5, 0.6) is 23.0 Å². The molecule has 0 radical (unpaired) electrons. The number of phenols is 1. The minimum absolute atomic E-state index is 0.0418. The normalized spacial score (nSPS) is 15.2. The summed E-state index contributed by atoms with van der Waals surface area (Å²) in [6.07, 6.45) is 2.03. The molecule has 0 saturated carbocycles. The highest BCUT2D eigenvalue weighted by Gasteiger charge is 2.48. The molecule has 0 saturated heterocycles. The van der Waals surface area contributed by atoms with Crippen molar-refractivity contribution >= 4 is 56.9 Å². The highest BCUT2D eigenvalue weighted by atomic mass is 79.9. The number of carboxylic acid groups (broad SMARTS) is 1. The van der Waals surface area contributed by atoms with Crippen LogP contribution < -0.4 is 14.2 Å². The number of methoxy groups -OCH3 is 1. The number of esters is 3. The molecular weight excluding hydrogens is 808 g/mol. The number of carboxylic acids is 1. The molecule has 14 heteroatoms. The molecule has 56 heavy (non-hydrogen) atoms. The Morgan fingerprint density at radius 1 is 0.750 bits per heavy atom. The van der Waals surface area contributed by atoms with Gasteiger partial charge in [0.05, 0.1) is 18.2 Å². The Kier molecular flexibility index (Phi) is 11.5. The van der Waals surface area contributed by atoms with Gasteiger partial charge < -0.3 is 34.3 Å².